The first-order valence-electron chi connectivity index (χ1n) is 3.85. The van der Waals surface area contributed by atoms with Crippen molar-refractivity contribution < 1.29 is 0 Å². The molecule has 0 aliphatic carbocycles. The average Bonchev–Trinajstić information content (AvgIpc) is 2.04. The van der Waals surface area contributed by atoms with Gasteiger partial charge in [-0.15, -0.1) is 0 Å². The van der Waals surface area contributed by atoms with Crippen molar-refractivity contribution >= 4 is 10.9 Å². The van der Waals surface area contributed by atoms with Crippen LogP contribution < -0.4 is 5.43 Å². The third kappa shape index (κ3) is 1.01. The second-order valence-electron chi connectivity index (χ2n) is 2.89. The van der Waals surface area contributed by atoms with Gasteiger partial charge in [0.2, 0.25) is 0 Å². The van der Waals surface area contributed by atoms with Crippen molar-refractivity contribution in [1.82, 2.24) is 4.98 Å². The van der Waals surface area contributed by atoms with Gasteiger partial charge in [0.1, 0.15) is 0 Å². The highest BCUT2D eigenvalue weighted by atomic mass is 16.1. The Kier molecular flexibility index (Phi) is 1.47. The van der Waals surface area contributed by atoms with Gasteiger partial charge in [-0.1, -0.05) is 6.07 Å². The molecule has 0 aliphatic rings. The number of H-pyrrole nitrogens is 1. The van der Waals surface area contributed by atoms with Crippen LogP contribution in [0.3, 0.4) is 0 Å². The molecule has 0 amide bonds. The molecule has 1 N–H and O–H groups in total. The van der Waals surface area contributed by atoms with Gasteiger partial charge >= 0.3 is 0 Å². The van der Waals surface area contributed by atoms with Crippen LogP contribution in [0.1, 0.15) is 5.56 Å². The Hall–Kier alpha value is -1.57. The van der Waals surface area contributed by atoms with E-state index in [-0.39, 0.29) is 5.43 Å². The zero-order chi connectivity index (χ0) is 8.55. The lowest BCUT2D eigenvalue weighted by molar-refractivity contribution is 1.37. The van der Waals surface area contributed by atoms with Crippen LogP contribution in [0.4, 0.5) is 0 Å². The number of rotatable bonds is 0. The number of aromatic nitrogens is 1. The summed E-state index contributed by atoms with van der Waals surface area (Å²) in [6, 6.07) is 7.30. The van der Waals surface area contributed by atoms with Crippen molar-refractivity contribution in [2.45, 2.75) is 6.92 Å². The predicted molar refractivity (Wildman–Crippen MR) is 49.3 cm³/mol. The SMILES string of the molecule is Cc1ccc2c(=O)cc[nH]c2c1. The van der Waals surface area contributed by atoms with Gasteiger partial charge in [0.05, 0.1) is 0 Å². The summed E-state index contributed by atoms with van der Waals surface area (Å²) >= 11 is 0. The summed E-state index contributed by atoms with van der Waals surface area (Å²) in [5, 5.41) is 0.753. The molecule has 0 saturated heterocycles. The van der Waals surface area contributed by atoms with Gasteiger partial charge in [0, 0.05) is 23.2 Å². The highest BCUT2D eigenvalue weighted by Gasteiger charge is 1.95. The van der Waals surface area contributed by atoms with Crippen LogP contribution >= 0.6 is 0 Å². The fourth-order valence-electron chi connectivity index (χ4n) is 1.29. The lowest BCUT2D eigenvalue weighted by Gasteiger charge is -1.96. The van der Waals surface area contributed by atoms with E-state index in [1.807, 2.05) is 25.1 Å². The highest BCUT2D eigenvalue weighted by molar-refractivity contribution is 5.78. The first-order chi connectivity index (χ1) is 5.77. The van der Waals surface area contributed by atoms with Crippen molar-refractivity contribution in [1.29, 1.82) is 0 Å². The summed E-state index contributed by atoms with van der Waals surface area (Å²) in [5.74, 6) is 0. The molecule has 0 saturated carbocycles. The Labute approximate surface area is 69.9 Å². The van der Waals surface area contributed by atoms with Gasteiger partial charge in [-0.05, 0) is 24.6 Å². The van der Waals surface area contributed by atoms with Crippen LogP contribution in [-0.4, -0.2) is 4.98 Å². The number of hydrogen-bond donors (Lipinski definition) is 1. The van der Waals surface area contributed by atoms with Crippen LogP contribution in [0.15, 0.2) is 35.3 Å². The third-order valence-corrected chi connectivity index (χ3v) is 1.91. The van der Waals surface area contributed by atoms with E-state index >= 15 is 0 Å². The molecule has 0 spiro atoms. The minimum atomic E-state index is 0.0729. The maximum atomic E-state index is 11.3. The van der Waals surface area contributed by atoms with Gasteiger partial charge in [-0.2, -0.15) is 0 Å². The summed E-state index contributed by atoms with van der Waals surface area (Å²) in [6.45, 7) is 2.00. The zero-order valence-electron chi connectivity index (χ0n) is 6.79. The van der Waals surface area contributed by atoms with E-state index in [2.05, 4.69) is 4.98 Å². The van der Waals surface area contributed by atoms with Gasteiger partial charge in [0.15, 0.2) is 5.43 Å². The molecule has 2 heteroatoms. The maximum Gasteiger partial charge on any atom is 0.189 e. The summed E-state index contributed by atoms with van der Waals surface area (Å²) in [6.07, 6.45) is 1.67. The van der Waals surface area contributed by atoms with Crippen molar-refractivity contribution in [3.63, 3.8) is 0 Å². The number of fused-ring (bicyclic) bond motifs is 1. The maximum absolute atomic E-state index is 11.3. The second-order valence-corrected chi connectivity index (χ2v) is 2.89. The van der Waals surface area contributed by atoms with Crippen LogP contribution in [0.5, 0.6) is 0 Å². The molecule has 2 rings (SSSR count). The predicted octanol–water partition coefficient (Wildman–Crippen LogP) is 1.84. The van der Waals surface area contributed by atoms with Crippen LogP contribution in [0.2, 0.25) is 0 Å². The summed E-state index contributed by atoms with van der Waals surface area (Å²) in [5.41, 5.74) is 2.13. The molecule has 1 aromatic carbocycles. The largest absolute Gasteiger partial charge is 0.361 e. The number of pyridine rings is 1. The van der Waals surface area contributed by atoms with Crippen molar-refractivity contribution in [3.8, 4) is 0 Å². The van der Waals surface area contributed by atoms with Crippen LogP contribution in [-0.2, 0) is 0 Å². The van der Waals surface area contributed by atoms with E-state index in [9.17, 15) is 4.79 Å². The Balaban J connectivity index is 2.96. The molecule has 2 aromatic rings. The summed E-state index contributed by atoms with van der Waals surface area (Å²) in [4.78, 5) is 14.3. The molecule has 0 aliphatic heterocycles. The fraction of sp³-hybridized carbons (Fsp3) is 0.100. The molecule has 0 atom stereocenters. The topological polar surface area (TPSA) is 32.9 Å². The highest BCUT2D eigenvalue weighted by Crippen LogP contribution is 2.08. The van der Waals surface area contributed by atoms with E-state index in [1.165, 1.54) is 6.07 Å². The van der Waals surface area contributed by atoms with Gasteiger partial charge in [-0.25, -0.2) is 0 Å². The Morgan fingerprint density at radius 3 is 2.92 bits per heavy atom. The summed E-state index contributed by atoms with van der Waals surface area (Å²) in [7, 11) is 0. The van der Waals surface area contributed by atoms with Crippen LogP contribution in [0.25, 0.3) is 10.9 Å². The van der Waals surface area contributed by atoms with E-state index in [0.717, 1.165) is 16.5 Å². The molecule has 0 radical (unpaired) electrons. The summed E-state index contributed by atoms with van der Waals surface area (Å²) < 4.78 is 0. The first-order valence-corrected chi connectivity index (χ1v) is 3.85. The minimum absolute atomic E-state index is 0.0729. The zero-order valence-corrected chi connectivity index (χ0v) is 6.79. The molecule has 12 heavy (non-hydrogen) atoms. The smallest absolute Gasteiger partial charge is 0.189 e. The van der Waals surface area contributed by atoms with Crippen molar-refractivity contribution in [3.05, 3.63) is 46.2 Å². The molecule has 1 heterocycles. The van der Waals surface area contributed by atoms with Gasteiger partial charge < -0.3 is 4.98 Å². The number of benzene rings is 1. The number of aryl methyl sites for hydroxylation is 1. The van der Waals surface area contributed by atoms with Crippen LogP contribution in [0, 0.1) is 6.92 Å². The molecule has 0 unspecified atom stereocenters. The molecule has 0 fully saturated rings. The van der Waals surface area contributed by atoms with E-state index in [4.69, 9.17) is 0 Å². The number of aromatic amines is 1. The van der Waals surface area contributed by atoms with Crippen molar-refractivity contribution in [2.75, 3.05) is 0 Å². The molecular formula is C10H9NO. The van der Waals surface area contributed by atoms with E-state index in [1.54, 1.807) is 6.20 Å². The molecular weight excluding hydrogens is 150 g/mol. The Bertz CT molecular complexity index is 470. The quantitative estimate of drug-likeness (QED) is 0.625. The van der Waals surface area contributed by atoms with E-state index < -0.39 is 0 Å². The van der Waals surface area contributed by atoms with Gasteiger partial charge in [0.25, 0.3) is 0 Å². The minimum Gasteiger partial charge on any atom is -0.361 e. The standard InChI is InChI=1S/C10H9NO/c1-7-2-3-8-9(6-7)11-5-4-10(8)12/h2-6H,1H3,(H,11,12). The molecule has 1 aromatic heterocycles. The molecule has 60 valence electrons. The number of nitrogens with one attached hydrogen (secondary N) is 1. The first kappa shape index (κ1) is 7.10. The fourth-order valence-corrected chi connectivity index (χ4v) is 1.29. The average molecular weight is 159 g/mol. The molecule has 0 bridgehead atoms. The monoisotopic (exact) mass is 159 g/mol. The Morgan fingerprint density at radius 2 is 2.08 bits per heavy atom. The lowest BCUT2D eigenvalue weighted by atomic mass is 10.1. The second kappa shape index (κ2) is 2.48. The Morgan fingerprint density at radius 1 is 1.25 bits per heavy atom. The lowest BCUT2D eigenvalue weighted by Crippen LogP contribution is -1.99. The normalized spacial score (nSPS) is 10.4. The van der Waals surface area contributed by atoms with Crippen molar-refractivity contribution in [2.24, 2.45) is 0 Å². The molecule has 2 nitrogen and oxygen atoms in total. The third-order valence-electron chi connectivity index (χ3n) is 1.91. The number of hydrogen-bond acceptors (Lipinski definition) is 1. The van der Waals surface area contributed by atoms with Gasteiger partial charge in [-0.3, -0.25) is 4.79 Å². The van der Waals surface area contributed by atoms with E-state index in [0.29, 0.717) is 0 Å².